The lowest BCUT2D eigenvalue weighted by atomic mass is 9.94. The second-order valence-corrected chi connectivity index (χ2v) is 7.51. The molecule has 6 heteroatoms. The largest absolute Gasteiger partial charge is 0.497 e. The van der Waals surface area contributed by atoms with E-state index in [1.54, 1.807) is 31.4 Å². The average Bonchev–Trinajstić information content (AvgIpc) is 2.73. The maximum Gasteiger partial charge on any atom is 0.253 e. The van der Waals surface area contributed by atoms with Gasteiger partial charge in [0, 0.05) is 29.6 Å². The zero-order chi connectivity index (χ0) is 20.1. The summed E-state index contributed by atoms with van der Waals surface area (Å²) in [4.78, 5) is 27.1. The van der Waals surface area contributed by atoms with Crippen LogP contribution in [0, 0.1) is 5.92 Å². The van der Waals surface area contributed by atoms with Crippen molar-refractivity contribution < 1.29 is 14.3 Å². The molecule has 1 fully saturated rings. The lowest BCUT2D eigenvalue weighted by Crippen LogP contribution is -2.43. The van der Waals surface area contributed by atoms with Crippen LogP contribution in [-0.4, -0.2) is 36.9 Å². The van der Waals surface area contributed by atoms with Gasteiger partial charge in [0.25, 0.3) is 5.91 Å². The Morgan fingerprint density at radius 3 is 2.25 bits per heavy atom. The summed E-state index contributed by atoms with van der Waals surface area (Å²) in [7, 11) is 1.60. The average molecular weight is 401 g/mol. The van der Waals surface area contributed by atoms with E-state index in [0.29, 0.717) is 36.5 Å². The summed E-state index contributed by atoms with van der Waals surface area (Å²) in [6.45, 7) is 3.13. The molecule has 1 saturated heterocycles. The van der Waals surface area contributed by atoms with Crippen molar-refractivity contribution in [3.63, 3.8) is 0 Å². The fourth-order valence-electron chi connectivity index (χ4n) is 3.43. The summed E-state index contributed by atoms with van der Waals surface area (Å²) in [5.41, 5.74) is 1.66. The summed E-state index contributed by atoms with van der Waals surface area (Å²) in [6, 6.07) is 14.5. The Labute approximate surface area is 170 Å². The number of carbonyl (C=O) groups is 2. The molecular weight excluding hydrogens is 376 g/mol. The van der Waals surface area contributed by atoms with Crippen LogP contribution >= 0.6 is 11.6 Å². The van der Waals surface area contributed by atoms with Gasteiger partial charge in [-0.25, -0.2) is 0 Å². The highest BCUT2D eigenvalue weighted by Crippen LogP contribution is 2.22. The molecule has 2 aromatic carbocycles. The number of methoxy groups -OCH3 is 1. The van der Waals surface area contributed by atoms with E-state index in [-0.39, 0.29) is 23.8 Å². The smallest absolute Gasteiger partial charge is 0.253 e. The Bertz CT molecular complexity index is 813. The van der Waals surface area contributed by atoms with E-state index in [2.05, 4.69) is 5.32 Å². The summed E-state index contributed by atoms with van der Waals surface area (Å²) < 4.78 is 5.13. The van der Waals surface area contributed by atoms with Crippen LogP contribution in [0.4, 0.5) is 0 Å². The molecule has 0 aromatic heterocycles. The van der Waals surface area contributed by atoms with Crippen LogP contribution in [0.15, 0.2) is 48.5 Å². The molecule has 1 atom stereocenters. The Balaban J connectivity index is 1.51. The molecule has 3 rings (SSSR count). The van der Waals surface area contributed by atoms with Gasteiger partial charge in [-0.15, -0.1) is 0 Å². The van der Waals surface area contributed by atoms with Crippen LogP contribution in [0.25, 0.3) is 0 Å². The maximum absolute atomic E-state index is 12.6. The highest BCUT2D eigenvalue weighted by atomic mass is 35.5. The lowest BCUT2D eigenvalue weighted by Gasteiger charge is -2.32. The number of halogens is 1. The van der Waals surface area contributed by atoms with Gasteiger partial charge in [-0.2, -0.15) is 0 Å². The number of hydrogen-bond donors (Lipinski definition) is 1. The maximum atomic E-state index is 12.6. The molecule has 0 saturated carbocycles. The molecule has 1 aliphatic rings. The zero-order valence-electron chi connectivity index (χ0n) is 16.2. The zero-order valence-corrected chi connectivity index (χ0v) is 16.9. The van der Waals surface area contributed by atoms with Crippen molar-refractivity contribution in [2.24, 2.45) is 5.92 Å². The van der Waals surface area contributed by atoms with Crippen molar-refractivity contribution in [2.75, 3.05) is 20.2 Å². The van der Waals surface area contributed by atoms with Crippen molar-refractivity contribution in [1.82, 2.24) is 10.2 Å². The van der Waals surface area contributed by atoms with Crippen LogP contribution in [0.2, 0.25) is 5.02 Å². The third-order valence-electron chi connectivity index (χ3n) is 5.22. The molecule has 1 heterocycles. The summed E-state index contributed by atoms with van der Waals surface area (Å²) >= 11 is 5.92. The van der Waals surface area contributed by atoms with Crippen LogP contribution in [0.3, 0.4) is 0 Å². The minimum Gasteiger partial charge on any atom is -0.497 e. The molecule has 0 aliphatic carbocycles. The van der Waals surface area contributed by atoms with Gasteiger partial charge in [0.2, 0.25) is 5.91 Å². The van der Waals surface area contributed by atoms with E-state index >= 15 is 0 Å². The first-order chi connectivity index (χ1) is 13.5. The summed E-state index contributed by atoms with van der Waals surface area (Å²) in [6.07, 6.45) is 1.34. The van der Waals surface area contributed by atoms with Gasteiger partial charge < -0.3 is 15.0 Å². The number of carbonyl (C=O) groups excluding carboxylic acids is 2. The Hall–Kier alpha value is -2.53. The van der Waals surface area contributed by atoms with Crippen LogP contribution in [0.5, 0.6) is 5.75 Å². The number of nitrogens with one attached hydrogen (secondary N) is 1. The number of ether oxygens (including phenoxy) is 1. The number of piperidine rings is 1. The Morgan fingerprint density at radius 2 is 1.68 bits per heavy atom. The first-order valence-corrected chi connectivity index (χ1v) is 9.85. The second kappa shape index (κ2) is 9.11. The van der Waals surface area contributed by atoms with Crippen LogP contribution in [-0.2, 0) is 4.79 Å². The van der Waals surface area contributed by atoms with Gasteiger partial charge >= 0.3 is 0 Å². The molecule has 0 radical (unpaired) electrons. The third kappa shape index (κ3) is 4.84. The topological polar surface area (TPSA) is 58.6 Å². The number of hydrogen-bond acceptors (Lipinski definition) is 3. The predicted molar refractivity (Wildman–Crippen MR) is 110 cm³/mol. The number of nitrogens with zero attached hydrogens (tertiary/aromatic N) is 1. The van der Waals surface area contributed by atoms with E-state index in [9.17, 15) is 9.59 Å². The fraction of sp³-hybridized carbons (Fsp3) is 0.364. The Kier molecular flexibility index (Phi) is 6.57. The molecule has 148 valence electrons. The number of likely N-dealkylation sites (tertiary alicyclic amines) is 1. The molecular formula is C22H25ClN2O3. The van der Waals surface area contributed by atoms with Crippen molar-refractivity contribution in [2.45, 2.75) is 25.8 Å². The van der Waals surface area contributed by atoms with Gasteiger partial charge in [0.1, 0.15) is 5.75 Å². The van der Waals surface area contributed by atoms with Gasteiger partial charge in [0.15, 0.2) is 0 Å². The standard InChI is InChI=1S/C22H25ClN2O3/c1-15(16-3-7-19(23)8-4-16)24-21(26)17-11-13-25(14-12-17)22(27)18-5-9-20(28-2)10-6-18/h3-10,15,17H,11-14H2,1-2H3,(H,24,26)/t15-/m0/s1. The molecule has 1 aliphatic heterocycles. The normalized spacial score (nSPS) is 15.8. The van der Waals surface area contributed by atoms with Crippen molar-refractivity contribution in [3.8, 4) is 5.75 Å². The first kappa shape index (κ1) is 20.2. The van der Waals surface area contributed by atoms with Gasteiger partial charge in [0.05, 0.1) is 13.2 Å². The van der Waals surface area contributed by atoms with Crippen molar-refractivity contribution in [3.05, 3.63) is 64.7 Å². The first-order valence-electron chi connectivity index (χ1n) is 9.47. The quantitative estimate of drug-likeness (QED) is 0.822. The van der Waals surface area contributed by atoms with Gasteiger partial charge in [-0.3, -0.25) is 9.59 Å². The van der Waals surface area contributed by atoms with Crippen molar-refractivity contribution in [1.29, 1.82) is 0 Å². The van der Waals surface area contributed by atoms with E-state index in [0.717, 1.165) is 11.3 Å². The number of rotatable bonds is 5. The van der Waals surface area contributed by atoms with Gasteiger partial charge in [-0.05, 0) is 61.7 Å². The second-order valence-electron chi connectivity index (χ2n) is 7.08. The summed E-state index contributed by atoms with van der Waals surface area (Å²) in [5.74, 6) is 0.687. The molecule has 28 heavy (non-hydrogen) atoms. The van der Waals surface area contributed by atoms with E-state index < -0.39 is 0 Å². The molecule has 0 spiro atoms. The third-order valence-corrected chi connectivity index (χ3v) is 5.47. The van der Waals surface area contributed by atoms with E-state index in [1.165, 1.54) is 0 Å². The highest BCUT2D eigenvalue weighted by Gasteiger charge is 2.28. The molecule has 5 nitrogen and oxygen atoms in total. The molecule has 1 N–H and O–H groups in total. The fourth-order valence-corrected chi connectivity index (χ4v) is 3.55. The van der Waals surface area contributed by atoms with Crippen LogP contribution in [0.1, 0.15) is 41.7 Å². The van der Waals surface area contributed by atoms with Crippen LogP contribution < -0.4 is 10.1 Å². The number of amides is 2. The monoisotopic (exact) mass is 400 g/mol. The van der Waals surface area contributed by atoms with Crippen molar-refractivity contribution >= 4 is 23.4 Å². The number of benzene rings is 2. The minimum atomic E-state index is -0.0799. The lowest BCUT2D eigenvalue weighted by molar-refractivity contribution is -0.126. The predicted octanol–water partition coefficient (Wildman–Crippen LogP) is 4.08. The SMILES string of the molecule is COc1ccc(C(=O)N2CCC(C(=O)N[C@@H](C)c3ccc(Cl)cc3)CC2)cc1. The minimum absolute atomic E-state index is 0.00366. The molecule has 0 bridgehead atoms. The van der Waals surface area contributed by atoms with E-state index in [4.69, 9.17) is 16.3 Å². The summed E-state index contributed by atoms with van der Waals surface area (Å²) in [5, 5.41) is 3.75. The van der Waals surface area contributed by atoms with E-state index in [1.807, 2.05) is 36.1 Å². The Morgan fingerprint density at radius 1 is 1.07 bits per heavy atom. The molecule has 2 aromatic rings. The highest BCUT2D eigenvalue weighted by molar-refractivity contribution is 6.30. The van der Waals surface area contributed by atoms with Gasteiger partial charge in [-0.1, -0.05) is 23.7 Å². The molecule has 2 amide bonds. The molecule has 0 unspecified atom stereocenters.